The van der Waals surface area contributed by atoms with Gasteiger partial charge in [0.25, 0.3) is 0 Å². The van der Waals surface area contributed by atoms with Crippen LogP contribution in [0.15, 0.2) is 46.9 Å². The van der Waals surface area contributed by atoms with Crippen LogP contribution >= 0.6 is 15.9 Å². The van der Waals surface area contributed by atoms with E-state index >= 15 is 0 Å². The molecule has 0 aliphatic rings. The van der Waals surface area contributed by atoms with Gasteiger partial charge < -0.3 is 10.2 Å². The topological polar surface area (TPSA) is 86.8 Å². The van der Waals surface area contributed by atoms with Gasteiger partial charge in [0.15, 0.2) is 0 Å². The highest BCUT2D eigenvalue weighted by atomic mass is 79.9. The van der Waals surface area contributed by atoms with E-state index in [1.165, 1.54) is 4.90 Å². The number of sulfonamides is 1. The molecule has 186 valence electrons. The van der Waals surface area contributed by atoms with Crippen molar-refractivity contribution >= 4 is 43.5 Å². The standard InChI is InChI=1S/C25H34BrN3O4S/c1-7-19(4)27-25(31)20(5)28(15-21-12-9-13-22(26)14-21)23(30)16-29(34(6,32)33)24-17(2)10-8-11-18(24)3/h8-14,19-20H,7,15-16H2,1-6H3,(H,27,31)/t19-,20+/m1/s1. The van der Waals surface area contributed by atoms with E-state index < -0.39 is 28.5 Å². The normalized spacial score (nSPS) is 13.1. The minimum absolute atomic E-state index is 0.0418. The summed E-state index contributed by atoms with van der Waals surface area (Å²) < 4.78 is 27.5. The Labute approximate surface area is 211 Å². The summed E-state index contributed by atoms with van der Waals surface area (Å²) in [5, 5.41) is 2.92. The van der Waals surface area contributed by atoms with E-state index in [0.29, 0.717) is 5.69 Å². The Hall–Kier alpha value is -2.39. The third kappa shape index (κ3) is 7.30. The summed E-state index contributed by atoms with van der Waals surface area (Å²) in [4.78, 5) is 28.0. The molecule has 0 unspecified atom stereocenters. The van der Waals surface area contributed by atoms with E-state index in [9.17, 15) is 18.0 Å². The number of amides is 2. The number of hydrogen-bond donors (Lipinski definition) is 1. The predicted octanol–water partition coefficient (Wildman–Crippen LogP) is 4.16. The summed E-state index contributed by atoms with van der Waals surface area (Å²) in [7, 11) is -3.76. The van der Waals surface area contributed by atoms with E-state index in [0.717, 1.165) is 38.1 Å². The summed E-state index contributed by atoms with van der Waals surface area (Å²) in [6, 6.07) is 12.1. The molecular weight excluding hydrogens is 518 g/mol. The van der Waals surface area contributed by atoms with Gasteiger partial charge in [0.1, 0.15) is 12.6 Å². The number of carbonyl (C=O) groups excluding carboxylic acids is 2. The van der Waals surface area contributed by atoms with Crippen LogP contribution in [0.25, 0.3) is 0 Å². The van der Waals surface area contributed by atoms with Crippen LogP contribution in [-0.2, 0) is 26.2 Å². The molecule has 0 radical (unpaired) electrons. The smallest absolute Gasteiger partial charge is 0.244 e. The van der Waals surface area contributed by atoms with E-state index in [1.54, 1.807) is 6.92 Å². The van der Waals surface area contributed by atoms with Gasteiger partial charge >= 0.3 is 0 Å². The summed E-state index contributed by atoms with van der Waals surface area (Å²) >= 11 is 3.44. The predicted molar refractivity (Wildman–Crippen MR) is 140 cm³/mol. The first-order valence-corrected chi connectivity index (χ1v) is 13.9. The number of rotatable bonds is 10. The lowest BCUT2D eigenvalue weighted by Crippen LogP contribution is -2.52. The molecule has 0 saturated carbocycles. The maximum atomic E-state index is 13.6. The van der Waals surface area contributed by atoms with Gasteiger partial charge in [0, 0.05) is 17.1 Å². The van der Waals surface area contributed by atoms with Gasteiger partial charge in [-0.15, -0.1) is 0 Å². The highest BCUT2D eigenvalue weighted by Crippen LogP contribution is 2.27. The Kier molecular flexibility index (Phi) is 9.70. The molecule has 9 heteroatoms. The van der Waals surface area contributed by atoms with E-state index in [2.05, 4.69) is 21.2 Å². The van der Waals surface area contributed by atoms with E-state index in [1.807, 2.05) is 70.2 Å². The molecule has 2 rings (SSSR count). The Bertz CT molecular complexity index is 1120. The van der Waals surface area contributed by atoms with Gasteiger partial charge in [-0.25, -0.2) is 8.42 Å². The van der Waals surface area contributed by atoms with Crippen molar-refractivity contribution in [3.8, 4) is 0 Å². The SMILES string of the molecule is CC[C@@H](C)NC(=O)[C@H](C)N(Cc1cccc(Br)c1)C(=O)CN(c1c(C)cccc1C)S(C)(=O)=O. The van der Waals surface area contributed by atoms with E-state index in [-0.39, 0.29) is 18.5 Å². The minimum Gasteiger partial charge on any atom is -0.352 e. The van der Waals surface area contributed by atoms with Crippen LogP contribution in [0.1, 0.15) is 43.9 Å². The molecule has 34 heavy (non-hydrogen) atoms. The molecule has 0 aliphatic heterocycles. The maximum Gasteiger partial charge on any atom is 0.244 e. The Morgan fingerprint density at radius 3 is 2.18 bits per heavy atom. The molecule has 0 saturated heterocycles. The van der Waals surface area contributed by atoms with Crippen molar-refractivity contribution in [3.63, 3.8) is 0 Å². The van der Waals surface area contributed by atoms with Crippen molar-refractivity contribution in [3.05, 3.63) is 63.6 Å². The summed E-state index contributed by atoms with van der Waals surface area (Å²) in [5.41, 5.74) is 2.81. The molecule has 0 bridgehead atoms. The minimum atomic E-state index is -3.76. The van der Waals surface area contributed by atoms with Crippen molar-refractivity contribution < 1.29 is 18.0 Å². The van der Waals surface area contributed by atoms with Crippen LogP contribution in [-0.4, -0.2) is 50.0 Å². The average Bonchev–Trinajstić information content (AvgIpc) is 2.75. The average molecular weight is 553 g/mol. The number of anilines is 1. The fourth-order valence-corrected chi connectivity index (χ4v) is 5.07. The van der Waals surface area contributed by atoms with Crippen molar-refractivity contribution in [1.82, 2.24) is 10.2 Å². The number of aryl methyl sites for hydroxylation is 2. The lowest BCUT2D eigenvalue weighted by atomic mass is 10.1. The number of para-hydroxylation sites is 1. The third-order valence-corrected chi connectivity index (χ3v) is 7.38. The molecule has 0 aliphatic carbocycles. The first-order chi connectivity index (χ1) is 15.8. The quantitative estimate of drug-likeness (QED) is 0.480. The first-order valence-electron chi connectivity index (χ1n) is 11.2. The largest absolute Gasteiger partial charge is 0.352 e. The number of benzene rings is 2. The molecule has 0 heterocycles. The fourth-order valence-electron chi connectivity index (χ4n) is 3.66. The van der Waals surface area contributed by atoms with Crippen LogP contribution < -0.4 is 9.62 Å². The van der Waals surface area contributed by atoms with Crippen LogP contribution in [0.5, 0.6) is 0 Å². The summed E-state index contributed by atoms with van der Waals surface area (Å²) in [6.45, 7) is 8.92. The van der Waals surface area contributed by atoms with Crippen molar-refractivity contribution in [2.75, 3.05) is 17.1 Å². The molecule has 0 aromatic heterocycles. The zero-order chi connectivity index (χ0) is 25.6. The van der Waals surface area contributed by atoms with Crippen molar-refractivity contribution in [2.24, 2.45) is 0 Å². The van der Waals surface area contributed by atoms with Gasteiger partial charge in [-0.1, -0.05) is 53.2 Å². The Morgan fingerprint density at radius 1 is 1.06 bits per heavy atom. The Morgan fingerprint density at radius 2 is 1.65 bits per heavy atom. The van der Waals surface area contributed by atoms with Crippen molar-refractivity contribution in [1.29, 1.82) is 0 Å². The number of halogens is 1. The van der Waals surface area contributed by atoms with Gasteiger partial charge in [-0.3, -0.25) is 13.9 Å². The number of carbonyl (C=O) groups is 2. The molecule has 2 aromatic rings. The van der Waals surface area contributed by atoms with Gasteiger partial charge in [-0.05, 0) is 62.9 Å². The second kappa shape index (κ2) is 11.8. The van der Waals surface area contributed by atoms with E-state index in [4.69, 9.17) is 0 Å². The molecule has 0 fully saturated rings. The fraction of sp³-hybridized carbons (Fsp3) is 0.440. The number of nitrogens with one attached hydrogen (secondary N) is 1. The van der Waals surface area contributed by atoms with Gasteiger partial charge in [-0.2, -0.15) is 0 Å². The third-order valence-electron chi connectivity index (χ3n) is 5.78. The second-order valence-corrected chi connectivity index (χ2v) is 11.5. The van der Waals surface area contributed by atoms with Crippen LogP contribution in [0.4, 0.5) is 5.69 Å². The lowest BCUT2D eigenvalue weighted by molar-refractivity contribution is -0.139. The maximum absolute atomic E-state index is 13.6. The highest BCUT2D eigenvalue weighted by molar-refractivity contribution is 9.10. The first kappa shape index (κ1) is 27.9. The van der Waals surface area contributed by atoms with Gasteiger partial charge in [0.2, 0.25) is 21.8 Å². The van der Waals surface area contributed by atoms with Crippen LogP contribution in [0.2, 0.25) is 0 Å². The summed E-state index contributed by atoms with van der Waals surface area (Å²) in [5.74, 6) is -0.740. The van der Waals surface area contributed by atoms with Gasteiger partial charge in [0.05, 0.1) is 11.9 Å². The monoisotopic (exact) mass is 551 g/mol. The van der Waals surface area contributed by atoms with Crippen LogP contribution in [0.3, 0.4) is 0 Å². The zero-order valence-corrected chi connectivity index (χ0v) is 23.0. The second-order valence-electron chi connectivity index (χ2n) is 8.66. The molecule has 7 nitrogen and oxygen atoms in total. The highest BCUT2D eigenvalue weighted by Gasteiger charge is 2.31. The lowest BCUT2D eigenvalue weighted by Gasteiger charge is -2.32. The molecule has 0 spiro atoms. The summed E-state index contributed by atoms with van der Waals surface area (Å²) in [6.07, 6.45) is 1.84. The Balaban J connectivity index is 2.45. The number of nitrogens with zero attached hydrogens (tertiary/aromatic N) is 2. The molecule has 1 N–H and O–H groups in total. The number of hydrogen-bond acceptors (Lipinski definition) is 4. The van der Waals surface area contributed by atoms with Crippen molar-refractivity contribution in [2.45, 2.75) is 59.7 Å². The molecule has 2 atom stereocenters. The zero-order valence-electron chi connectivity index (χ0n) is 20.6. The molecule has 2 aromatic carbocycles. The molecule has 2 amide bonds. The molecular formula is C25H34BrN3O4S. The van der Waals surface area contributed by atoms with Crippen LogP contribution in [0, 0.1) is 13.8 Å².